The summed E-state index contributed by atoms with van der Waals surface area (Å²) in [6, 6.07) is 5.82. The summed E-state index contributed by atoms with van der Waals surface area (Å²) in [4.78, 5) is 27.0. The Morgan fingerprint density at radius 1 is 1.19 bits per heavy atom. The molecule has 0 bridgehead atoms. The third kappa shape index (κ3) is 3.79. The van der Waals surface area contributed by atoms with Gasteiger partial charge in [0.25, 0.3) is 0 Å². The standard InChI is InChI=1S/C14H12BrN3O3/c1-8-4-5-16-7-12(8)18-14(21)17-11-3-2-9(15)6-10(11)13(19)20/h2-7H,1H3,(H,19,20)(H2,17,18,21). The van der Waals surface area contributed by atoms with E-state index in [0.29, 0.717) is 10.2 Å². The molecule has 21 heavy (non-hydrogen) atoms. The van der Waals surface area contributed by atoms with Crippen LogP contribution in [0.1, 0.15) is 15.9 Å². The zero-order valence-electron chi connectivity index (χ0n) is 11.1. The molecule has 3 N–H and O–H groups in total. The summed E-state index contributed by atoms with van der Waals surface area (Å²) < 4.78 is 0.619. The average molecular weight is 350 g/mol. The van der Waals surface area contributed by atoms with E-state index >= 15 is 0 Å². The number of aryl methyl sites for hydroxylation is 1. The van der Waals surface area contributed by atoms with E-state index in [1.54, 1.807) is 18.3 Å². The lowest BCUT2D eigenvalue weighted by molar-refractivity contribution is 0.0698. The number of rotatable bonds is 3. The third-order valence-electron chi connectivity index (χ3n) is 2.75. The van der Waals surface area contributed by atoms with Gasteiger partial charge in [0.05, 0.1) is 23.1 Å². The first-order valence-corrected chi connectivity index (χ1v) is 6.78. The maximum Gasteiger partial charge on any atom is 0.337 e. The third-order valence-corrected chi connectivity index (χ3v) is 3.24. The summed E-state index contributed by atoms with van der Waals surface area (Å²) in [5.74, 6) is -1.12. The molecule has 0 spiro atoms. The van der Waals surface area contributed by atoms with Crippen LogP contribution in [-0.2, 0) is 0 Å². The average Bonchev–Trinajstić information content (AvgIpc) is 2.43. The van der Waals surface area contributed by atoms with Gasteiger partial charge in [-0.1, -0.05) is 15.9 Å². The molecular formula is C14H12BrN3O3. The van der Waals surface area contributed by atoms with E-state index in [0.717, 1.165) is 5.56 Å². The Morgan fingerprint density at radius 3 is 2.57 bits per heavy atom. The van der Waals surface area contributed by atoms with Gasteiger partial charge in [-0.25, -0.2) is 9.59 Å². The number of benzene rings is 1. The summed E-state index contributed by atoms with van der Waals surface area (Å²) in [7, 11) is 0. The molecule has 1 aromatic heterocycles. The Kier molecular flexibility index (Phi) is 4.54. The summed E-state index contributed by atoms with van der Waals surface area (Å²) >= 11 is 3.19. The van der Waals surface area contributed by atoms with Gasteiger partial charge in [0.2, 0.25) is 0 Å². The molecule has 1 aromatic carbocycles. The smallest absolute Gasteiger partial charge is 0.337 e. The minimum atomic E-state index is -1.12. The predicted molar refractivity (Wildman–Crippen MR) is 82.7 cm³/mol. The Hall–Kier alpha value is -2.41. The van der Waals surface area contributed by atoms with E-state index in [-0.39, 0.29) is 11.3 Å². The molecule has 0 saturated heterocycles. The van der Waals surface area contributed by atoms with Gasteiger partial charge in [-0.3, -0.25) is 4.98 Å². The van der Waals surface area contributed by atoms with Crippen LogP contribution in [0.25, 0.3) is 0 Å². The van der Waals surface area contributed by atoms with Gasteiger partial charge in [0.1, 0.15) is 0 Å². The SMILES string of the molecule is Cc1ccncc1NC(=O)Nc1ccc(Br)cc1C(=O)O. The van der Waals surface area contributed by atoms with Crippen molar-refractivity contribution in [3.63, 3.8) is 0 Å². The fourth-order valence-electron chi connectivity index (χ4n) is 1.67. The topological polar surface area (TPSA) is 91.3 Å². The van der Waals surface area contributed by atoms with Crippen LogP contribution in [-0.4, -0.2) is 22.1 Å². The van der Waals surface area contributed by atoms with Crippen molar-refractivity contribution in [1.82, 2.24) is 4.98 Å². The van der Waals surface area contributed by atoms with Crippen molar-refractivity contribution in [1.29, 1.82) is 0 Å². The maximum atomic E-state index is 11.9. The molecule has 0 radical (unpaired) electrons. The van der Waals surface area contributed by atoms with Crippen LogP contribution in [0.5, 0.6) is 0 Å². The van der Waals surface area contributed by atoms with Gasteiger partial charge in [-0.2, -0.15) is 0 Å². The summed E-state index contributed by atoms with van der Waals surface area (Å²) in [5, 5.41) is 14.3. The van der Waals surface area contributed by atoms with Crippen LogP contribution in [0.2, 0.25) is 0 Å². The number of anilines is 2. The lowest BCUT2D eigenvalue weighted by Crippen LogP contribution is -2.21. The largest absolute Gasteiger partial charge is 0.478 e. The number of aromatic nitrogens is 1. The van der Waals surface area contributed by atoms with Crippen LogP contribution in [0.4, 0.5) is 16.2 Å². The lowest BCUT2D eigenvalue weighted by atomic mass is 10.2. The number of pyridine rings is 1. The Labute approximate surface area is 129 Å². The van der Waals surface area contributed by atoms with Crippen molar-refractivity contribution < 1.29 is 14.7 Å². The molecule has 0 unspecified atom stereocenters. The number of aromatic carboxylic acids is 1. The molecule has 0 fully saturated rings. The van der Waals surface area contributed by atoms with Gasteiger partial charge >= 0.3 is 12.0 Å². The first-order valence-electron chi connectivity index (χ1n) is 5.99. The van der Waals surface area contributed by atoms with E-state index in [1.807, 2.05) is 6.92 Å². The van der Waals surface area contributed by atoms with Crippen LogP contribution in [0.15, 0.2) is 41.1 Å². The quantitative estimate of drug-likeness (QED) is 0.790. The number of nitrogens with one attached hydrogen (secondary N) is 2. The highest BCUT2D eigenvalue weighted by Crippen LogP contribution is 2.21. The molecule has 0 aliphatic carbocycles. The highest BCUT2D eigenvalue weighted by atomic mass is 79.9. The van der Waals surface area contributed by atoms with Gasteiger partial charge in [-0.05, 0) is 36.8 Å². The van der Waals surface area contributed by atoms with Crippen LogP contribution >= 0.6 is 15.9 Å². The number of hydrogen-bond acceptors (Lipinski definition) is 3. The molecule has 7 heteroatoms. The number of carbonyl (C=O) groups is 2. The summed E-state index contributed by atoms with van der Waals surface area (Å²) in [6.07, 6.45) is 3.14. The zero-order chi connectivity index (χ0) is 15.4. The Bertz CT molecular complexity index is 704. The van der Waals surface area contributed by atoms with Crippen LogP contribution < -0.4 is 10.6 Å². The van der Waals surface area contributed by atoms with E-state index in [9.17, 15) is 9.59 Å². The summed E-state index contributed by atoms with van der Waals surface area (Å²) in [6.45, 7) is 1.83. The second kappa shape index (κ2) is 6.36. The van der Waals surface area contributed by atoms with Crippen molar-refractivity contribution in [2.24, 2.45) is 0 Å². The number of carboxylic acids is 1. The van der Waals surface area contributed by atoms with Gasteiger partial charge in [0.15, 0.2) is 0 Å². The van der Waals surface area contributed by atoms with E-state index in [1.165, 1.54) is 18.3 Å². The molecule has 6 nitrogen and oxygen atoms in total. The second-order valence-corrected chi connectivity index (χ2v) is 5.18. The molecule has 2 amide bonds. The van der Waals surface area contributed by atoms with Crippen molar-refractivity contribution >= 4 is 39.3 Å². The van der Waals surface area contributed by atoms with E-state index in [2.05, 4.69) is 31.5 Å². The monoisotopic (exact) mass is 349 g/mol. The minimum absolute atomic E-state index is 0.00225. The zero-order valence-corrected chi connectivity index (χ0v) is 12.6. The predicted octanol–water partition coefficient (Wildman–Crippen LogP) is 3.49. The highest BCUT2D eigenvalue weighted by molar-refractivity contribution is 9.10. The summed E-state index contributed by atoms with van der Waals surface area (Å²) in [5.41, 5.74) is 1.63. The van der Waals surface area contributed by atoms with Crippen molar-refractivity contribution in [3.05, 3.63) is 52.3 Å². The molecule has 2 rings (SSSR count). The van der Waals surface area contributed by atoms with Gasteiger partial charge in [-0.15, -0.1) is 0 Å². The van der Waals surface area contributed by atoms with Crippen molar-refractivity contribution in [2.75, 3.05) is 10.6 Å². The molecule has 2 aromatic rings. The number of carboxylic acid groups (broad SMARTS) is 1. The molecule has 0 aliphatic rings. The number of nitrogens with zero attached hydrogens (tertiary/aromatic N) is 1. The number of amides is 2. The van der Waals surface area contributed by atoms with Crippen LogP contribution in [0.3, 0.4) is 0 Å². The fourth-order valence-corrected chi connectivity index (χ4v) is 2.03. The van der Waals surface area contributed by atoms with E-state index < -0.39 is 12.0 Å². The van der Waals surface area contributed by atoms with Crippen molar-refractivity contribution in [2.45, 2.75) is 6.92 Å². The molecule has 1 heterocycles. The maximum absolute atomic E-state index is 11.9. The normalized spacial score (nSPS) is 10.0. The molecular weight excluding hydrogens is 338 g/mol. The van der Waals surface area contributed by atoms with Gasteiger partial charge in [0, 0.05) is 10.7 Å². The fraction of sp³-hybridized carbons (Fsp3) is 0.0714. The molecule has 0 aliphatic heterocycles. The number of hydrogen-bond donors (Lipinski definition) is 3. The Balaban J connectivity index is 2.17. The molecule has 0 saturated carbocycles. The Morgan fingerprint density at radius 2 is 1.90 bits per heavy atom. The number of carbonyl (C=O) groups excluding carboxylic acids is 1. The first kappa shape index (κ1) is 15.0. The van der Waals surface area contributed by atoms with Crippen molar-refractivity contribution in [3.8, 4) is 0 Å². The number of halogens is 1. The molecule has 108 valence electrons. The minimum Gasteiger partial charge on any atom is -0.478 e. The first-order chi connectivity index (χ1) is 9.97. The second-order valence-electron chi connectivity index (χ2n) is 4.26. The lowest BCUT2D eigenvalue weighted by Gasteiger charge is -2.11. The van der Waals surface area contributed by atoms with E-state index in [4.69, 9.17) is 5.11 Å². The number of urea groups is 1. The van der Waals surface area contributed by atoms with Gasteiger partial charge < -0.3 is 15.7 Å². The highest BCUT2D eigenvalue weighted by Gasteiger charge is 2.13. The molecule has 0 atom stereocenters. The van der Waals surface area contributed by atoms with Crippen LogP contribution in [0, 0.1) is 6.92 Å².